The van der Waals surface area contributed by atoms with Gasteiger partial charge in [-0.05, 0) is 43.3 Å². The predicted molar refractivity (Wildman–Crippen MR) is 96.4 cm³/mol. The molecular formula is C19H19NO7. The zero-order valence-electron chi connectivity index (χ0n) is 14.6. The number of hydrogen-bond acceptors (Lipinski definition) is 6. The van der Waals surface area contributed by atoms with Crippen molar-refractivity contribution in [3.63, 3.8) is 0 Å². The number of carboxylic acids is 1. The third kappa shape index (κ3) is 6.03. The minimum atomic E-state index is -1.28. The fourth-order valence-electron chi connectivity index (χ4n) is 2.23. The number of carboxylic acid groups (broad SMARTS) is 1. The molecule has 0 atom stereocenters. The molecule has 2 aromatic rings. The molecule has 0 aliphatic carbocycles. The number of nitrogens with one attached hydrogen (secondary N) is 1. The van der Waals surface area contributed by atoms with E-state index in [2.05, 4.69) is 5.32 Å². The van der Waals surface area contributed by atoms with E-state index in [4.69, 9.17) is 14.3 Å². The number of aromatic hydroxyl groups is 1. The highest BCUT2D eigenvalue weighted by atomic mass is 16.5. The van der Waals surface area contributed by atoms with Crippen LogP contribution in [0.5, 0.6) is 5.75 Å². The summed E-state index contributed by atoms with van der Waals surface area (Å²) < 4.78 is 10.3. The van der Waals surface area contributed by atoms with E-state index in [1.54, 1.807) is 19.1 Å². The second-order valence-corrected chi connectivity index (χ2v) is 5.47. The van der Waals surface area contributed by atoms with E-state index in [9.17, 15) is 19.5 Å². The first kappa shape index (κ1) is 19.8. The molecule has 1 aromatic carbocycles. The number of aryl methyl sites for hydroxylation is 1. The Kier molecular flexibility index (Phi) is 6.76. The van der Waals surface area contributed by atoms with Gasteiger partial charge in [-0.1, -0.05) is 0 Å². The standard InChI is InChI=1S/C19H19NO7/c1-2-26-18(23)10-7-14-5-4-13(27-14)6-9-17(22)20-16-8-3-12(21)11-15(16)19(24)25/h3-6,8-9,11,21H,2,7,10H2,1H3,(H,20,22)(H,24,25). The molecule has 27 heavy (non-hydrogen) atoms. The molecule has 0 aliphatic rings. The lowest BCUT2D eigenvalue weighted by Crippen LogP contribution is -2.11. The largest absolute Gasteiger partial charge is 0.508 e. The molecule has 0 unspecified atom stereocenters. The van der Waals surface area contributed by atoms with E-state index in [1.165, 1.54) is 24.3 Å². The maximum atomic E-state index is 12.0. The number of carbonyl (C=O) groups excluding carboxylic acids is 2. The van der Waals surface area contributed by atoms with Crippen molar-refractivity contribution in [3.05, 3.63) is 53.5 Å². The van der Waals surface area contributed by atoms with Crippen LogP contribution in [0, 0.1) is 0 Å². The van der Waals surface area contributed by atoms with E-state index < -0.39 is 11.9 Å². The van der Waals surface area contributed by atoms with Gasteiger partial charge in [-0.3, -0.25) is 9.59 Å². The van der Waals surface area contributed by atoms with E-state index in [0.717, 1.165) is 6.07 Å². The molecule has 0 aliphatic heterocycles. The average Bonchev–Trinajstić information content (AvgIpc) is 3.08. The Morgan fingerprint density at radius 3 is 2.70 bits per heavy atom. The zero-order chi connectivity index (χ0) is 19.8. The number of rotatable bonds is 8. The highest BCUT2D eigenvalue weighted by molar-refractivity contribution is 6.06. The second kappa shape index (κ2) is 9.23. The van der Waals surface area contributed by atoms with Crippen molar-refractivity contribution in [2.75, 3.05) is 11.9 Å². The van der Waals surface area contributed by atoms with Crippen molar-refractivity contribution in [1.29, 1.82) is 0 Å². The van der Waals surface area contributed by atoms with Crippen LogP contribution in [0.25, 0.3) is 6.08 Å². The summed E-state index contributed by atoms with van der Waals surface area (Å²) in [6.45, 7) is 2.06. The number of amides is 1. The molecule has 1 heterocycles. The van der Waals surface area contributed by atoms with Crippen molar-refractivity contribution in [2.24, 2.45) is 0 Å². The molecule has 0 bridgehead atoms. The van der Waals surface area contributed by atoms with Gasteiger partial charge in [-0.2, -0.15) is 0 Å². The van der Waals surface area contributed by atoms with Gasteiger partial charge in [0.1, 0.15) is 17.3 Å². The number of furan rings is 1. The van der Waals surface area contributed by atoms with Crippen molar-refractivity contribution in [3.8, 4) is 5.75 Å². The summed E-state index contributed by atoms with van der Waals surface area (Å²) in [5.41, 5.74) is -0.166. The van der Waals surface area contributed by atoms with Crippen LogP contribution in [0.3, 0.4) is 0 Å². The summed E-state index contributed by atoms with van der Waals surface area (Å²) in [5, 5.41) is 20.9. The van der Waals surface area contributed by atoms with Gasteiger partial charge in [-0.25, -0.2) is 4.79 Å². The van der Waals surface area contributed by atoms with Gasteiger partial charge in [0.05, 0.1) is 24.3 Å². The lowest BCUT2D eigenvalue weighted by atomic mass is 10.1. The van der Waals surface area contributed by atoms with Gasteiger partial charge >= 0.3 is 11.9 Å². The van der Waals surface area contributed by atoms with E-state index in [0.29, 0.717) is 24.5 Å². The van der Waals surface area contributed by atoms with Crippen LogP contribution in [0.15, 0.2) is 40.8 Å². The van der Waals surface area contributed by atoms with Crippen LogP contribution < -0.4 is 5.32 Å². The normalized spacial score (nSPS) is 10.7. The van der Waals surface area contributed by atoms with Crippen molar-refractivity contribution in [1.82, 2.24) is 0 Å². The molecule has 8 heteroatoms. The van der Waals surface area contributed by atoms with Gasteiger partial charge in [0.2, 0.25) is 5.91 Å². The number of anilines is 1. The van der Waals surface area contributed by atoms with Crippen LogP contribution >= 0.6 is 0 Å². The topological polar surface area (TPSA) is 126 Å². The smallest absolute Gasteiger partial charge is 0.337 e. The van der Waals surface area contributed by atoms with Crippen molar-refractivity contribution in [2.45, 2.75) is 19.8 Å². The fourth-order valence-corrected chi connectivity index (χ4v) is 2.23. The Balaban J connectivity index is 1.96. The first-order chi connectivity index (χ1) is 12.9. The second-order valence-electron chi connectivity index (χ2n) is 5.47. The Morgan fingerprint density at radius 2 is 2.00 bits per heavy atom. The monoisotopic (exact) mass is 373 g/mol. The minimum absolute atomic E-state index is 0.0597. The summed E-state index contributed by atoms with van der Waals surface area (Å²) in [5.74, 6) is -1.38. The Bertz CT molecular complexity index is 867. The highest BCUT2D eigenvalue weighted by Crippen LogP contribution is 2.21. The number of benzene rings is 1. The summed E-state index contributed by atoms with van der Waals surface area (Å²) in [6, 6.07) is 6.95. The summed E-state index contributed by atoms with van der Waals surface area (Å²) >= 11 is 0. The van der Waals surface area contributed by atoms with Crippen LogP contribution in [0.1, 0.15) is 35.2 Å². The maximum absolute atomic E-state index is 12.0. The third-order valence-electron chi connectivity index (χ3n) is 3.45. The number of aromatic carboxylic acids is 1. The van der Waals surface area contributed by atoms with E-state index >= 15 is 0 Å². The van der Waals surface area contributed by atoms with Crippen LogP contribution in [0.4, 0.5) is 5.69 Å². The molecule has 0 radical (unpaired) electrons. The first-order valence-electron chi connectivity index (χ1n) is 8.18. The molecule has 0 saturated heterocycles. The van der Waals surface area contributed by atoms with Gasteiger partial charge in [0, 0.05) is 12.5 Å². The molecular weight excluding hydrogens is 354 g/mol. The lowest BCUT2D eigenvalue weighted by Gasteiger charge is -2.06. The van der Waals surface area contributed by atoms with Crippen LogP contribution in [0.2, 0.25) is 0 Å². The molecule has 8 nitrogen and oxygen atoms in total. The Labute approximate surface area is 155 Å². The van der Waals surface area contributed by atoms with E-state index in [1.807, 2.05) is 0 Å². The quantitative estimate of drug-likeness (QED) is 0.369. The van der Waals surface area contributed by atoms with E-state index in [-0.39, 0.29) is 29.4 Å². The average molecular weight is 373 g/mol. The predicted octanol–water partition coefficient (Wildman–Crippen LogP) is 2.83. The number of hydrogen-bond donors (Lipinski definition) is 3. The molecule has 1 aromatic heterocycles. The van der Waals surface area contributed by atoms with Crippen molar-refractivity contribution < 1.29 is 33.8 Å². The van der Waals surface area contributed by atoms with Gasteiger partial charge in [0.15, 0.2) is 0 Å². The third-order valence-corrected chi connectivity index (χ3v) is 3.45. The lowest BCUT2D eigenvalue weighted by molar-refractivity contribution is -0.143. The number of esters is 1. The molecule has 0 saturated carbocycles. The molecule has 0 fully saturated rings. The molecule has 2 rings (SSSR count). The van der Waals surface area contributed by atoms with Gasteiger partial charge in [0.25, 0.3) is 0 Å². The van der Waals surface area contributed by atoms with Crippen LogP contribution in [-0.4, -0.2) is 34.7 Å². The number of carbonyl (C=O) groups is 3. The fraction of sp³-hybridized carbons (Fsp3) is 0.211. The summed E-state index contributed by atoms with van der Waals surface area (Å²) in [6.07, 6.45) is 3.19. The SMILES string of the molecule is CCOC(=O)CCc1ccc(C=CC(=O)Nc2ccc(O)cc2C(=O)O)o1. The first-order valence-corrected chi connectivity index (χ1v) is 8.18. The Hall–Kier alpha value is -3.55. The van der Waals surface area contributed by atoms with Gasteiger partial charge < -0.3 is 24.7 Å². The molecule has 1 amide bonds. The molecule has 3 N–H and O–H groups in total. The summed E-state index contributed by atoms with van der Waals surface area (Å²) in [4.78, 5) is 34.5. The zero-order valence-corrected chi connectivity index (χ0v) is 14.6. The Morgan fingerprint density at radius 1 is 1.22 bits per heavy atom. The minimum Gasteiger partial charge on any atom is -0.508 e. The number of phenolic OH excluding ortho intramolecular Hbond substituents is 1. The van der Waals surface area contributed by atoms with Crippen molar-refractivity contribution >= 4 is 29.6 Å². The van der Waals surface area contributed by atoms with Crippen LogP contribution in [-0.2, 0) is 20.7 Å². The number of phenols is 1. The molecule has 142 valence electrons. The maximum Gasteiger partial charge on any atom is 0.337 e. The van der Waals surface area contributed by atoms with Gasteiger partial charge in [-0.15, -0.1) is 0 Å². The summed E-state index contributed by atoms with van der Waals surface area (Å²) in [7, 11) is 0. The number of ether oxygens (including phenoxy) is 1. The highest BCUT2D eigenvalue weighted by Gasteiger charge is 2.12. The molecule has 0 spiro atoms.